The first-order valence-electron chi connectivity index (χ1n) is 9.19. The highest BCUT2D eigenvalue weighted by Crippen LogP contribution is 2.28. The zero-order valence-corrected chi connectivity index (χ0v) is 15.3. The number of halogens is 1. The van der Waals surface area contributed by atoms with Gasteiger partial charge in [-0.2, -0.15) is 0 Å². The van der Waals surface area contributed by atoms with E-state index in [1.54, 1.807) is 29.2 Å². The van der Waals surface area contributed by atoms with Crippen molar-refractivity contribution in [1.29, 1.82) is 0 Å². The predicted molar refractivity (Wildman–Crippen MR) is 104 cm³/mol. The maximum atomic E-state index is 13.2. The molecule has 0 bridgehead atoms. The molecule has 0 aliphatic carbocycles. The zero-order valence-electron chi connectivity index (χ0n) is 15.3. The van der Waals surface area contributed by atoms with Crippen molar-refractivity contribution >= 4 is 5.91 Å². The molecule has 28 heavy (non-hydrogen) atoms. The second kappa shape index (κ2) is 8.23. The Morgan fingerprint density at radius 2 is 1.68 bits per heavy atom. The molecular weight excluding hydrogens is 357 g/mol. The Morgan fingerprint density at radius 3 is 2.46 bits per heavy atom. The number of rotatable bonds is 4. The number of carbonyl (C=O) groups is 1. The summed E-state index contributed by atoms with van der Waals surface area (Å²) in [7, 11) is 0. The van der Waals surface area contributed by atoms with Crippen LogP contribution in [0.1, 0.15) is 22.0 Å². The highest BCUT2D eigenvalue weighted by molar-refractivity contribution is 5.97. The third-order valence-corrected chi connectivity index (χ3v) is 4.68. The van der Waals surface area contributed by atoms with Crippen LogP contribution in [0.25, 0.3) is 0 Å². The normalized spacial score (nSPS) is 16.6. The molecule has 1 heterocycles. The van der Waals surface area contributed by atoms with Gasteiger partial charge in [-0.05, 0) is 42.0 Å². The van der Waals surface area contributed by atoms with Crippen LogP contribution in [0.4, 0.5) is 4.39 Å². The Hall–Kier alpha value is -3.18. The van der Waals surface area contributed by atoms with Crippen molar-refractivity contribution in [2.45, 2.75) is 6.10 Å². The summed E-state index contributed by atoms with van der Waals surface area (Å²) in [4.78, 5) is 14.9. The Bertz CT molecular complexity index is 944. The number of benzene rings is 3. The topological polar surface area (TPSA) is 38.8 Å². The first-order chi connectivity index (χ1) is 13.7. The molecule has 1 amide bonds. The third kappa shape index (κ3) is 4.05. The number of morpholine rings is 1. The van der Waals surface area contributed by atoms with E-state index in [1.165, 1.54) is 12.1 Å². The summed E-state index contributed by atoms with van der Waals surface area (Å²) in [5.41, 5.74) is 1.36. The van der Waals surface area contributed by atoms with Crippen molar-refractivity contribution in [3.63, 3.8) is 0 Å². The van der Waals surface area contributed by atoms with E-state index >= 15 is 0 Å². The van der Waals surface area contributed by atoms with Crippen LogP contribution in [0.3, 0.4) is 0 Å². The second-order valence-corrected chi connectivity index (χ2v) is 6.57. The molecule has 142 valence electrons. The van der Waals surface area contributed by atoms with Gasteiger partial charge in [0.2, 0.25) is 0 Å². The minimum Gasteiger partial charge on any atom is -0.457 e. The van der Waals surface area contributed by atoms with Gasteiger partial charge in [0, 0.05) is 6.54 Å². The molecule has 1 fully saturated rings. The Labute approximate surface area is 163 Å². The van der Waals surface area contributed by atoms with Gasteiger partial charge in [0.25, 0.3) is 5.91 Å². The number of nitrogens with zero attached hydrogens (tertiary/aromatic N) is 1. The van der Waals surface area contributed by atoms with Crippen LogP contribution in [-0.4, -0.2) is 30.5 Å². The maximum absolute atomic E-state index is 13.2. The molecule has 0 unspecified atom stereocenters. The summed E-state index contributed by atoms with van der Waals surface area (Å²) in [6.45, 7) is 1.33. The average Bonchev–Trinajstić information content (AvgIpc) is 2.75. The minimum atomic E-state index is -0.292. The first-order valence-corrected chi connectivity index (χ1v) is 9.19. The van der Waals surface area contributed by atoms with Crippen LogP contribution >= 0.6 is 0 Å². The smallest absolute Gasteiger partial charge is 0.257 e. The van der Waals surface area contributed by atoms with Gasteiger partial charge in [-0.3, -0.25) is 4.79 Å². The molecule has 0 saturated carbocycles. The summed E-state index contributed by atoms with van der Waals surface area (Å²) in [6.07, 6.45) is -0.277. The molecular formula is C23H20FNO3. The van der Waals surface area contributed by atoms with Gasteiger partial charge in [0.1, 0.15) is 23.4 Å². The number of hydrogen-bond donors (Lipinski definition) is 0. The fourth-order valence-electron chi connectivity index (χ4n) is 3.23. The number of amides is 1. The lowest BCUT2D eigenvalue weighted by Crippen LogP contribution is -2.42. The van der Waals surface area contributed by atoms with E-state index in [4.69, 9.17) is 9.47 Å². The molecule has 4 rings (SSSR count). The van der Waals surface area contributed by atoms with E-state index in [-0.39, 0.29) is 17.8 Å². The fourth-order valence-corrected chi connectivity index (χ4v) is 3.23. The molecule has 1 saturated heterocycles. The molecule has 1 atom stereocenters. The molecule has 0 N–H and O–H groups in total. The molecule has 5 heteroatoms. The van der Waals surface area contributed by atoms with E-state index in [0.717, 1.165) is 5.56 Å². The van der Waals surface area contributed by atoms with Crippen molar-refractivity contribution in [3.05, 3.63) is 95.8 Å². The SMILES string of the molecule is O=C(c1ccccc1Oc1ccccc1)N1CCO[C@H](c2ccc(F)cc2)C1. The standard InChI is InChI=1S/C23H20FNO3/c24-18-12-10-17(11-13-18)22-16-25(14-15-27-22)23(26)20-8-4-5-9-21(20)28-19-6-2-1-3-7-19/h1-13,22H,14-16H2/t22-/m0/s1. The van der Waals surface area contributed by atoms with Crippen LogP contribution in [0.2, 0.25) is 0 Å². The molecule has 3 aromatic rings. The second-order valence-electron chi connectivity index (χ2n) is 6.57. The van der Waals surface area contributed by atoms with Crippen molar-refractivity contribution in [1.82, 2.24) is 4.90 Å². The van der Waals surface area contributed by atoms with Crippen LogP contribution < -0.4 is 4.74 Å². The number of hydrogen-bond acceptors (Lipinski definition) is 3. The molecule has 3 aromatic carbocycles. The third-order valence-electron chi connectivity index (χ3n) is 4.68. The van der Waals surface area contributed by atoms with Crippen LogP contribution in [0, 0.1) is 5.82 Å². The maximum Gasteiger partial charge on any atom is 0.257 e. The predicted octanol–water partition coefficient (Wildman–Crippen LogP) is 4.83. The summed E-state index contributed by atoms with van der Waals surface area (Å²) < 4.78 is 24.9. The highest BCUT2D eigenvalue weighted by atomic mass is 19.1. The quantitative estimate of drug-likeness (QED) is 0.654. The van der Waals surface area contributed by atoms with E-state index in [2.05, 4.69) is 0 Å². The van der Waals surface area contributed by atoms with Crippen molar-refractivity contribution in [2.75, 3.05) is 19.7 Å². The Morgan fingerprint density at radius 1 is 0.964 bits per heavy atom. The van der Waals surface area contributed by atoms with Crippen LogP contribution in [0.5, 0.6) is 11.5 Å². The molecule has 4 nitrogen and oxygen atoms in total. The average molecular weight is 377 g/mol. The lowest BCUT2D eigenvalue weighted by Gasteiger charge is -2.33. The first kappa shape index (κ1) is 18.2. The summed E-state index contributed by atoms with van der Waals surface area (Å²) in [6, 6.07) is 22.8. The van der Waals surface area contributed by atoms with Crippen LogP contribution in [-0.2, 0) is 4.74 Å². The molecule has 0 spiro atoms. The monoisotopic (exact) mass is 377 g/mol. The van der Waals surface area contributed by atoms with E-state index in [0.29, 0.717) is 36.8 Å². The highest BCUT2D eigenvalue weighted by Gasteiger charge is 2.27. The fraction of sp³-hybridized carbons (Fsp3) is 0.174. The summed E-state index contributed by atoms with van der Waals surface area (Å²) in [5, 5.41) is 0. The Kier molecular flexibility index (Phi) is 5.35. The Balaban J connectivity index is 1.53. The molecule has 0 aromatic heterocycles. The van der Waals surface area contributed by atoms with E-state index in [1.807, 2.05) is 42.5 Å². The number of ether oxygens (including phenoxy) is 2. The van der Waals surface area contributed by atoms with Gasteiger partial charge in [0.05, 0.1) is 18.7 Å². The van der Waals surface area contributed by atoms with Gasteiger partial charge < -0.3 is 14.4 Å². The van der Waals surface area contributed by atoms with Crippen molar-refractivity contribution in [2.24, 2.45) is 0 Å². The van der Waals surface area contributed by atoms with Gasteiger partial charge in [0.15, 0.2) is 0 Å². The van der Waals surface area contributed by atoms with Gasteiger partial charge in [-0.25, -0.2) is 4.39 Å². The van der Waals surface area contributed by atoms with Gasteiger partial charge in [-0.15, -0.1) is 0 Å². The summed E-state index contributed by atoms with van der Waals surface area (Å²) >= 11 is 0. The zero-order chi connectivity index (χ0) is 19.3. The van der Waals surface area contributed by atoms with E-state index < -0.39 is 0 Å². The van der Waals surface area contributed by atoms with Gasteiger partial charge in [-0.1, -0.05) is 42.5 Å². The molecule has 1 aliphatic rings. The minimum absolute atomic E-state index is 0.109. The van der Waals surface area contributed by atoms with Gasteiger partial charge >= 0.3 is 0 Å². The van der Waals surface area contributed by atoms with Crippen molar-refractivity contribution in [3.8, 4) is 11.5 Å². The lowest BCUT2D eigenvalue weighted by molar-refractivity contribution is -0.0229. The number of carbonyl (C=O) groups excluding carboxylic acids is 1. The van der Waals surface area contributed by atoms with Crippen LogP contribution in [0.15, 0.2) is 78.9 Å². The van der Waals surface area contributed by atoms with E-state index in [9.17, 15) is 9.18 Å². The largest absolute Gasteiger partial charge is 0.457 e. The lowest BCUT2D eigenvalue weighted by atomic mass is 10.1. The summed E-state index contributed by atoms with van der Waals surface area (Å²) in [5.74, 6) is 0.791. The van der Waals surface area contributed by atoms with Crippen molar-refractivity contribution < 1.29 is 18.7 Å². The number of para-hydroxylation sites is 2. The molecule has 0 radical (unpaired) electrons. The molecule has 1 aliphatic heterocycles.